The van der Waals surface area contributed by atoms with Gasteiger partial charge in [0.1, 0.15) is 5.75 Å². The molecule has 2 aromatic heterocycles. The number of hydrogen-bond donors (Lipinski definition) is 1. The number of aromatic amines is 1. The third kappa shape index (κ3) is 4.41. The number of rotatable bonds is 7. The first kappa shape index (κ1) is 18.3. The van der Waals surface area contributed by atoms with Crippen molar-refractivity contribution in [2.75, 3.05) is 7.11 Å². The molecule has 0 aliphatic heterocycles. The maximum absolute atomic E-state index is 5.35. The number of ether oxygens (including phenoxy) is 1. The Morgan fingerprint density at radius 2 is 1.75 bits per heavy atom. The Balaban J connectivity index is 1.59. The second-order valence-electron chi connectivity index (χ2n) is 7.15. The van der Waals surface area contributed by atoms with Crippen LogP contribution >= 0.6 is 0 Å². The molecule has 0 amide bonds. The van der Waals surface area contributed by atoms with Gasteiger partial charge in [0.05, 0.1) is 12.8 Å². The van der Waals surface area contributed by atoms with Crippen LogP contribution in [0.4, 0.5) is 0 Å². The van der Waals surface area contributed by atoms with Gasteiger partial charge in [-0.05, 0) is 48.9 Å². The summed E-state index contributed by atoms with van der Waals surface area (Å²) in [5.74, 6) is 0.878. The third-order valence-corrected chi connectivity index (χ3v) is 4.86. The van der Waals surface area contributed by atoms with Gasteiger partial charge < -0.3 is 9.72 Å². The molecule has 0 saturated heterocycles. The van der Waals surface area contributed by atoms with E-state index >= 15 is 0 Å². The van der Waals surface area contributed by atoms with Crippen LogP contribution in [0, 0.1) is 6.92 Å². The first-order valence-corrected chi connectivity index (χ1v) is 9.54. The minimum Gasteiger partial charge on any atom is -0.497 e. The van der Waals surface area contributed by atoms with Gasteiger partial charge in [0.15, 0.2) is 0 Å². The molecule has 2 heterocycles. The molecule has 0 radical (unpaired) electrons. The molecule has 2 aromatic carbocycles. The van der Waals surface area contributed by atoms with Crippen molar-refractivity contribution in [3.63, 3.8) is 0 Å². The minimum atomic E-state index is 0.801. The van der Waals surface area contributed by atoms with Gasteiger partial charge in [-0.3, -0.25) is 9.88 Å². The molecule has 0 atom stereocenters. The van der Waals surface area contributed by atoms with E-state index in [0.29, 0.717) is 0 Å². The van der Waals surface area contributed by atoms with Crippen LogP contribution < -0.4 is 4.74 Å². The van der Waals surface area contributed by atoms with E-state index in [1.165, 1.54) is 16.6 Å². The summed E-state index contributed by atoms with van der Waals surface area (Å²) in [4.78, 5) is 10.7. The number of pyridine rings is 1. The van der Waals surface area contributed by atoms with Gasteiger partial charge in [0.25, 0.3) is 0 Å². The molecule has 0 bridgehead atoms. The highest BCUT2D eigenvalue weighted by atomic mass is 16.5. The van der Waals surface area contributed by atoms with E-state index in [4.69, 9.17) is 9.72 Å². The smallest absolute Gasteiger partial charge is 0.119 e. The topological polar surface area (TPSA) is 41.1 Å². The lowest BCUT2D eigenvalue weighted by Gasteiger charge is -2.22. The molecule has 1 N–H and O–H groups in total. The van der Waals surface area contributed by atoms with Gasteiger partial charge in [-0.15, -0.1) is 0 Å². The van der Waals surface area contributed by atoms with Gasteiger partial charge in [0, 0.05) is 41.9 Å². The third-order valence-electron chi connectivity index (χ3n) is 4.86. The van der Waals surface area contributed by atoms with E-state index < -0.39 is 0 Å². The summed E-state index contributed by atoms with van der Waals surface area (Å²) in [5.41, 5.74) is 5.76. The largest absolute Gasteiger partial charge is 0.497 e. The highest BCUT2D eigenvalue weighted by Crippen LogP contribution is 2.23. The Kier molecular flexibility index (Phi) is 5.40. The number of nitrogens with one attached hydrogen (secondary N) is 1. The Hall–Kier alpha value is -3.11. The molecule has 4 heteroatoms. The summed E-state index contributed by atoms with van der Waals surface area (Å²) < 4.78 is 5.35. The molecule has 4 nitrogen and oxygen atoms in total. The summed E-state index contributed by atoms with van der Waals surface area (Å²) in [6.45, 7) is 4.53. The Morgan fingerprint density at radius 3 is 2.54 bits per heavy atom. The number of H-pyrrole nitrogens is 1. The van der Waals surface area contributed by atoms with Crippen molar-refractivity contribution < 1.29 is 4.74 Å². The number of aryl methyl sites for hydroxylation is 1. The van der Waals surface area contributed by atoms with Crippen molar-refractivity contribution in [1.29, 1.82) is 0 Å². The predicted molar refractivity (Wildman–Crippen MR) is 113 cm³/mol. The molecule has 142 valence electrons. The highest BCUT2D eigenvalue weighted by molar-refractivity contribution is 5.81. The van der Waals surface area contributed by atoms with Crippen molar-refractivity contribution in [1.82, 2.24) is 14.9 Å². The van der Waals surface area contributed by atoms with Crippen LogP contribution in [0.15, 0.2) is 72.8 Å². The number of methoxy groups -OCH3 is 1. The lowest BCUT2D eigenvalue weighted by molar-refractivity contribution is 0.242. The molecule has 4 aromatic rings. The summed E-state index contributed by atoms with van der Waals surface area (Å²) in [5, 5.41) is 1.17. The molecular formula is C24H25N3O. The number of fused-ring (bicyclic) bond motifs is 1. The van der Waals surface area contributed by atoms with Gasteiger partial charge in [-0.2, -0.15) is 0 Å². The van der Waals surface area contributed by atoms with Crippen LogP contribution in [0.2, 0.25) is 0 Å². The summed E-state index contributed by atoms with van der Waals surface area (Å²) in [7, 11) is 1.70. The van der Waals surface area contributed by atoms with E-state index in [-0.39, 0.29) is 0 Å². The number of hydrogen-bond acceptors (Lipinski definition) is 3. The van der Waals surface area contributed by atoms with Gasteiger partial charge in [0.2, 0.25) is 0 Å². The fourth-order valence-corrected chi connectivity index (χ4v) is 3.55. The standard InChI is InChI=1S/C24H25N3O/c1-18-7-6-10-21(25-18)16-27(15-19-8-4-3-5-9-19)17-22-13-20-14-23(28-2)11-12-24(20)26-22/h3-14,26H,15-17H2,1-2H3. The average molecular weight is 371 g/mol. The van der Waals surface area contributed by atoms with Crippen molar-refractivity contribution in [3.05, 3.63) is 95.4 Å². The number of aromatic nitrogens is 2. The zero-order chi connectivity index (χ0) is 19.3. The predicted octanol–water partition coefficient (Wildman–Crippen LogP) is 5.08. The van der Waals surface area contributed by atoms with E-state index in [1.807, 2.05) is 19.1 Å². The summed E-state index contributed by atoms with van der Waals surface area (Å²) in [6.07, 6.45) is 0. The summed E-state index contributed by atoms with van der Waals surface area (Å²) in [6, 6.07) is 25.1. The zero-order valence-electron chi connectivity index (χ0n) is 16.4. The average Bonchev–Trinajstić information content (AvgIpc) is 3.10. The number of benzene rings is 2. The van der Waals surface area contributed by atoms with Crippen LogP contribution in [0.1, 0.15) is 22.6 Å². The van der Waals surface area contributed by atoms with Crippen molar-refractivity contribution >= 4 is 10.9 Å². The fourth-order valence-electron chi connectivity index (χ4n) is 3.55. The first-order valence-electron chi connectivity index (χ1n) is 9.54. The quantitative estimate of drug-likeness (QED) is 0.492. The zero-order valence-corrected chi connectivity index (χ0v) is 16.4. The van der Waals surface area contributed by atoms with Crippen LogP contribution in [0.3, 0.4) is 0 Å². The molecular weight excluding hydrogens is 346 g/mol. The van der Waals surface area contributed by atoms with Crippen molar-refractivity contribution in [2.24, 2.45) is 0 Å². The van der Waals surface area contributed by atoms with Gasteiger partial charge in [-0.25, -0.2) is 0 Å². The molecule has 28 heavy (non-hydrogen) atoms. The minimum absolute atomic E-state index is 0.801. The maximum Gasteiger partial charge on any atom is 0.119 e. The highest BCUT2D eigenvalue weighted by Gasteiger charge is 2.11. The SMILES string of the molecule is COc1ccc2[nH]c(CN(Cc3ccccc3)Cc3cccc(C)n3)cc2c1. The number of nitrogens with zero attached hydrogens (tertiary/aromatic N) is 2. The lowest BCUT2D eigenvalue weighted by atomic mass is 10.2. The molecule has 0 saturated carbocycles. The van der Waals surface area contributed by atoms with E-state index in [0.717, 1.165) is 42.3 Å². The van der Waals surface area contributed by atoms with Crippen LogP contribution in [-0.4, -0.2) is 22.0 Å². The van der Waals surface area contributed by atoms with Crippen LogP contribution in [-0.2, 0) is 19.6 Å². The lowest BCUT2D eigenvalue weighted by Crippen LogP contribution is -2.23. The molecule has 0 aliphatic carbocycles. The van der Waals surface area contributed by atoms with Crippen molar-refractivity contribution in [2.45, 2.75) is 26.6 Å². The molecule has 0 fully saturated rings. The molecule has 0 unspecified atom stereocenters. The normalized spacial score (nSPS) is 11.2. The van der Waals surface area contributed by atoms with E-state index in [9.17, 15) is 0 Å². The Morgan fingerprint density at radius 1 is 0.893 bits per heavy atom. The Labute approximate surface area is 165 Å². The molecule has 0 spiro atoms. The Bertz CT molecular complexity index is 1060. The van der Waals surface area contributed by atoms with Crippen molar-refractivity contribution in [3.8, 4) is 5.75 Å². The monoisotopic (exact) mass is 371 g/mol. The molecule has 4 rings (SSSR count). The second kappa shape index (κ2) is 8.28. The molecule has 0 aliphatic rings. The van der Waals surface area contributed by atoms with E-state index in [2.05, 4.69) is 70.5 Å². The van der Waals surface area contributed by atoms with E-state index in [1.54, 1.807) is 7.11 Å². The first-order chi connectivity index (χ1) is 13.7. The van der Waals surface area contributed by atoms with Gasteiger partial charge in [-0.1, -0.05) is 36.4 Å². The second-order valence-corrected chi connectivity index (χ2v) is 7.15. The fraction of sp³-hybridized carbons (Fsp3) is 0.208. The van der Waals surface area contributed by atoms with Crippen LogP contribution in [0.5, 0.6) is 5.75 Å². The van der Waals surface area contributed by atoms with Crippen LogP contribution in [0.25, 0.3) is 10.9 Å². The summed E-state index contributed by atoms with van der Waals surface area (Å²) >= 11 is 0. The van der Waals surface area contributed by atoms with Gasteiger partial charge >= 0.3 is 0 Å². The maximum atomic E-state index is 5.35.